The van der Waals surface area contributed by atoms with E-state index in [-0.39, 0.29) is 12.8 Å². The SMILES string of the molecule is CCCCC/C=C\C/C=C\C/C=C\CCCCCCC(=O)OC[C@H](COP(=O)(O)O[C@H]1C(O)C(O)C(OP(=O)(O)O)[C@@H](OP(=O)(O)O)C1O)OC(=O)CCCCCCCCC/C=C\CCCCCC. The molecule has 1 aliphatic carbocycles. The van der Waals surface area contributed by atoms with Gasteiger partial charge in [0.25, 0.3) is 0 Å². The molecule has 402 valence electrons. The van der Waals surface area contributed by atoms with Gasteiger partial charge in [-0.3, -0.25) is 27.7 Å². The number of carbonyl (C=O) groups excluding carboxylic acids is 2. The highest BCUT2D eigenvalue weighted by atomic mass is 31.2. The normalized spacial score (nSPS) is 21.7. The van der Waals surface area contributed by atoms with Crippen LogP contribution in [0.3, 0.4) is 0 Å². The molecular formula is C47H85O19P3. The summed E-state index contributed by atoms with van der Waals surface area (Å²) in [5.41, 5.74) is 0. The van der Waals surface area contributed by atoms with Crippen LogP contribution < -0.4 is 0 Å². The second kappa shape index (κ2) is 38.7. The van der Waals surface area contributed by atoms with Crippen LogP contribution in [0.25, 0.3) is 0 Å². The third kappa shape index (κ3) is 35.0. The van der Waals surface area contributed by atoms with Gasteiger partial charge in [-0.2, -0.15) is 0 Å². The number of allylic oxidation sites excluding steroid dienone is 8. The Labute approximate surface area is 410 Å². The highest BCUT2D eigenvalue weighted by Gasteiger charge is 2.56. The fraction of sp³-hybridized carbons (Fsp3) is 0.787. The first-order valence-electron chi connectivity index (χ1n) is 24.9. The zero-order chi connectivity index (χ0) is 51.4. The van der Waals surface area contributed by atoms with Crippen LogP contribution in [-0.4, -0.2) is 108 Å². The molecule has 0 aliphatic heterocycles. The predicted molar refractivity (Wildman–Crippen MR) is 261 cm³/mol. The molecule has 0 radical (unpaired) electrons. The summed E-state index contributed by atoms with van der Waals surface area (Å²) in [6.07, 6.45) is 25.4. The van der Waals surface area contributed by atoms with E-state index in [1.807, 2.05) is 0 Å². The lowest BCUT2D eigenvalue weighted by atomic mass is 9.85. The van der Waals surface area contributed by atoms with Gasteiger partial charge in [-0.1, -0.05) is 140 Å². The summed E-state index contributed by atoms with van der Waals surface area (Å²) in [5.74, 6) is -1.33. The molecule has 0 bridgehead atoms. The van der Waals surface area contributed by atoms with Crippen LogP contribution >= 0.6 is 23.5 Å². The second-order valence-electron chi connectivity index (χ2n) is 17.4. The molecule has 0 heterocycles. The van der Waals surface area contributed by atoms with Crippen LogP contribution in [0.2, 0.25) is 0 Å². The third-order valence-corrected chi connectivity index (χ3v) is 13.1. The van der Waals surface area contributed by atoms with Crippen LogP contribution in [0, 0.1) is 0 Å². The quantitative estimate of drug-likeness (QED) is 0.0122. The van der Waals surface area contributed by atoms with E-state index in [0.29, 0.717) is 12.8 Å². The van der Waals surface area contributed by atoms with E-state index in [4.69, 9.17) is 18.5 Å². The van der Waals surface area contributed by atoms with E-state index in [9.17, 15) is 63.1 Å². The number of phosphoric acid groups is 3. The van der Waals surface area contributed by atoms with Crippen molar-refractivity contribution < 1.29 is 90.6 Å². The van der Waals surface area contributed by atoms with Crippen molar-refractivity contribution in [2.45, 2.75) is 224 Å². The lowest BCUT2D eigenvalue weighted by molar-refractivity contribution is -0.213. The van der Waals surface area contributed by atoms with Gasteiger partial charge in [0.2, 0.25) is 0 Å². The van der Waals surface area contributed by atoms with Crippen LogP contribution in [-0.2, 0) is 50.9 Å². The first-order chi connectivity index (χ1) is 32.8. The number of unbranched alkanes of at least 4 members (excludes halogenated alkanes) is 18. The Bertz CT molecular complexity index is 1630. The largest absolute Gasteiger partial charge is 0.472 e. The molecule has 22 heteroatoms. The van der Waals surface area contributed by atoms with Crippen LogP contribution in [0.5, 0.6) is 0 Å². The maximum absolute atomic E-state index is 13.1. The minimum atomic E-state index is -5.61. The van der Waals surface area contributed by atoms with Gasteiger partial charge in [-0.15, -0.1) is 0 Å². The second-order valence-corrected chi connectivity index (χ2v) is 21.2. The number of carbonyl (C=O) groups is 2. The molecular weight excluding hydrogens is 961 g/mol. The molecule has 1 aliphatic rings. The molecule has 0 saturated heterocycles. The number of hydrogen-bond donors (Lipinski definition) is 8. The summed E-state index contributed by atoms with van der Waals surface area (Å²) >= 11 is 0. The topological polar surface area (TPSA) is 303 Å². The summed E-state index contributed by atoms with van der Waals surface area (Å²) in [6.45, 7) is 2.89. The van der Waals surface area contributed by atoms with E-state index in [1.54, 1.807) is 0 Å². The molecule has 0 aromatic rings. The molecule has 69 heavy (non-hydrogen) atoms. The molecule has 0 amide bonds. The Balaban J connectivity index is 2.73. The minimum Gasteiger partial charge on any atom is -0.462 e. The highest BCUT2D eigenvalue weighted by Crippen LogP contribution is 2.51. The van der Waals surface area contributed by atoms with Crippen molar-refractivity contribution in [2.24, 2.45) is 0 Å². The Kier molecular flexibility index (Phi) is 36.5. The van der Waals surface area contributed by atoms with Crippen molar-refractivity contribution >= 4 is 35.4 Å². The van der Waals surface area contributed by atoms with Crippen LogP contribution in [0.4, 0.5) is 0 Å². The highest BCUT2D eigenvalue weighted by molar-refractivity contribution is 7.47. The molecule has 1 saturated carbocycles. The van der Waals surface area contributed by atoms with Gasteiger partial charge >= 0.3 is 35.4 Å². The number of esters is 2. The summed E-state index contributed by atoms with van der Waals surface area (Å²) in [7, 11) is -16.6. The van der Waals surface area contributed by atoms with Gasteiger partial charge in [-0.25, -0.2) is 13.7 Å². The molecule has 1 fully saturated rings. The summed E-state index contributed by atoms with van der Waals surface area (Å²) in [5, 5.41) is 31.9. The number of phosphoric ester groups is 3. The average Bonchev–Trinajstić information content (AvgIpc) is 3.28. The molecule has 5 unspecified atom stereocenters. The fourth-order valence-electron chi connectivity index (χ4n) is 7.35. The van der Waals surface area contributed by atoms with Crippen molar-refractivity contribution in [3.05, 3.63) is 48.6 Å². The third-order valence-electron chi connectivity index (χ3n) is 11.1. The van der Waals surface area contributed by atoms with Crippen molar-refractivity contribution in [3.63, 3.8) is 0 Å². The maximum Gasteiger partial charge on any atom is 0.472 e. The van der Waals surface area contributed by atoms with Gasteiger partial charge in [-0.05, 0) is 77.0 Å². The van der Waals surface area contributed by atoms with E-state index in [0.717, 1.165) is 96.3 Å². The van der Waals surface area contributed by atoms with Gasteiger partial charge < -0.3 is 49.3 Å². The first kappa shape index (κ1) is 65.1. The number of aliphatic hydroxyl groups excluding tert-OH is 3. The molecule has 0 aromatic carbocycles. The Morgan fingerprint density at radius 3 is 1.33 bits per heavy atom. The molecule has 8 atom stereocenters. The fourth-order valence-corrected chi connectivity index (χ4v) is 9.44. The zero-order valence-corrected chi connectivity index (χ0v) is 43.6. The minimum absolute atomic E-state index is 0.0132. The van der Waals surface area contributed by atoms with Crippen LogP contribution in [0.1, 0.15) is 181 Å². The standard InChI is InChI=1S/C47H85O19P3/c1-3-5-7-9-11-13-15-17-19-20-22-23-25-27-29-31-33-35-40(48)61-37-39(63-41(49)36-34-32-30-28-26-24-21-18-16-14-12-10-8-6-4-2)38-62-69(59,60)66-45-42(50)43(51)46(64-67(53,54)55)47(44(45)52)65-68(56,57)58/h11,13-14,16-17,19,22-23,39,42-47,50-52H,3-10,12,15,18,20-21,24-38H2,1-2H3,(H,59,60)(H2,53,54,55)(H2,56,57,58)/b13-11-,16-14-,19-17-,23-22-/t39-,42?,43?,44?,45+,46?,47+/m1/s1. The lowest BCUT2D eigenvalue weighted by Gasteiger charge is -2.44. The lowest BCUT2D eigenvalue weighted by Crippen LogP contribution is -2.65. The van der Waals surface area contributed by atoms with E-state index < -0.39 is 91.3 Å². The predicted octanol–water partition coefficient (Wildman–Crippen LogP) is 9.40. The van der Waals surface area contributed by atoms with E-state index in [1.165, 1.54) is 44.9 Å². The van der Waals surface area contributed by atoms with Gasteiger partial charge in [0.15, 0.2) is 6.10 Å². The smallest absolute Gasteiger partial charge is 0.462 e. The Morgan fingerprint density at radius 1 is 0.464 bits per heavy atom. The Hall–Kier alpha value is -1.89. The van der Waals surface area contributed by atoms with Gasteiger partial charge in [0, 0.05) is 12.8 Å². The van der Waals surface area contributed by atoms with Gasteiger partial charge in [0.1, 0.15) is 43.2 Å². The molecule has 0 aromatic heterocycles. The molecule has 8 N–H and O–H groups in total. The summed E-state index contributed by atoms with van der Waals surface area (Å²) in [4.78, 5) is 73.3. The zero-order valence-electron chi connectivity index (χ0n) is 40.9. The first-order valence-corrected chi connectivity index (χ1v) is 29.5. The average molecular weight is 1050 g/mol. The maximum atomic E-state index is 13.1. The number of hydrogen-bond acceptors (Lipinski definition) is 14. The number of aliphatic hydroxyl groups is 3. The van der Waals surface area contributed by atoms with Crippen molar-refractivity contribution in [3.8, 4) is 0 Å². The number of rotatable bonds is 42. The number of ether oxygens (including phenoxy) is 2. The van der Waals surface area contributed by atoms with Crippen molar-refractivity contribution in [2.75, 3.05) is 13.2 Å². The van der Waals surface area contributed by atoms with Crippen LogP contribution in [0.15, 0.2) is 48.6 Å². The Morgan fingerprint density at radius 2 is 0.841 bits per heavy atom. The molecule has 1 rings (SSSR count). The monoisotopic (exact) mass is 1050 g/mol. The molecule has 0 spiro atoms. The van der Waals surface area contributed by atoms with E-state index >= 15 is 0 Å². The van der Waals surface area contributed by atoms with Crippen molar-refractivity contribution in [1.82, 2.24) is 0 Å². The van der Waals surface area contributed by atoms with Gasteiger partial charge in [0.05, 0.1) is 6.61 Å². The summed E-state index contributed by atoms with van der Waals surface area (Å²) < 4.78 is 65.5. The van der Waals surface area contributed by atoms with E-state index in [2.05, 4.69) is 71.5 Å². The summed E-state index contributed by atoms with van der Waals surface area (Å²) in [6, 6.07) is 0. The molecule has 19 nitrogen and oxygen atoms in total. The van der Waals surface area contributed by atoms with Crippen molar-refractivity contribution in [1.29, 1.82) is 0 Å².